The van der Waals surface area contributed by atoms with Crippen LogP contribution in [0, 0.1) is 0 Å². The molecule has 5 heteroatoms. The number of amides is 2. The first-order chi connectivity index (χ1) is 8.09. The number of nitrogens with one attached hydrogen (secondary N) is 1. The lowest BCUT2D eigenvalue weighted by Crippen LogP contribution is -2.38. The molecule has 0 aromatic heterocycles. The summed E-state index contributed by atoms with van der Waals surface area (Å²) in [5.74, 6) is -1.27. The summed E-state index contributed by atoms with van der Waals surface area (Å²) in [6.45, 7) is 0.415. The van der Waals surface area contributed by atoms with E-state index in [1.165, 1.54) is 0 Å². The second-order valence-electron chi connectivity index (χ2n) is 3.71. The number of carbonyl (C=O) groups excluding carboxylic acids is 2. The smallest absolute Gasteiger partial charge is 0.249 e. The molecule has 1 unspecified atom stereocenters. The van der Waals surface area contributed by atoms with Gasteiger partial charge in [-0.25, -0.2) is 0 Å². The van der Waals surface area contributed by atoms with E-state index in [0.29, 0.717) is 13.0 Å². The second-order valence-corrected chi connectivity index (χ2v) is 3.71. The Hall–Kier alpha value is -1.88. The minimum Gasteiger partial charge on any atom is -0.383 e. The number of hydrogen-bond donors (Lipinski definition) is 3. The van der Waals surface area contributed by atoms with Crippen LogP contribution in [0.4, 0.5) is 0 Å². The molecule has 0 saturated heterocycles. The molecule has 1 aromatic rings. The Morgan fingerprint density at radius 2 is 1.94 bits per heavy atom. The number of aliphatic hydroxyl groups is 1. The molecular formula is C12H16N2O3. The molecule has 5 nitrogen and oxygen atoms in total. The average molecular weight is 236 g/mol. The van der Waals surface area contributed by atoms with E-state index < -0.39 is 17.9 Å². The van der Waals surface area contributed by atoms with Crippen LogP contribution in [0.5, 0.6) is 0 Å². The van der Waals surface area contributed by atoms with Gasteiger partial charge in [0.15, 0.2) is 0 Å². The van der Waals surface area contributed by atoms with Crippen LogP contribution in [0.2, 0.25) is 0 Å². The Kier molecular flexibility index (Phi) is 5.16. The highest BCUT2D eigenvalue weighted by Crippen LogP contribution is 1.98. The molecule has 0 radical (unpaired) electrons. The fourth-order valence-electron chi connectivity index (χ4n) is 1.38. The summed E-state index contributed by atoms with van der Waals surface area (Å²) in [4.78, 5) is 21.8. The molecule has 0 heterocycles. The number of primary amides is 1. The van der Waals surface area contributed by atoms with Gasteiger partial charge in [0.05, 0.1) is 6.42 Å². The lowest BCUT2D eigenvalue weighted by Gasteiger charge is -2.09. The third kappa shape index (κ3) is 5.12. The predicted molar refractivity (Wildman–Crippen MR) is 63.0 cm³/mol. The molecule has 0 aliphatic rings. The van der Waals surface area contributed by atoms with E-state index in [0.717, 1.165) is 5.56 Å². The van der Waals surface area contributed by atoms with Gasteiger partial charge in [-0.1, -0.05) is 30.3 Å². The Morgan fingerprint density at radius 3 is 2.53 bits per heavy atom. The molecule has 0 fully saturated rings. The van der Waals surface area contributed by atoms with Gasteiger partial charge in [-0.15, -0.1) is 0 Å². The van der Waals surface area contributed by atoms with E-state index in [4.69, 9.17) is 5.73 Å². The largest absolute Gasteiger partial charge is 0.383 e. The van der Waals surface area contributed by atoms with E-state index in [1.54, 1.807) is 0 Å². The summed E-state index contributed by atoms with van der Waals surface area (Å²) in [5.41, 5.74) is 5.97. The van der Waals surface area contributed by atoms with Crippen LogP contribution in [0.3, 0.4) is 0 Å². The zero-order valence-electron chi connectivity index (χ0n) is 9.43. The molecule has 0 spiro atoms. The van der Waals surface area contributed by atoms with Crippen LogP contribution in [0.15, 0.2) is 30.3 Å². The lowest BCUT2D eigenvalue weighted by atomic mass is 10.1. The molecule has 92 valence electrons. The fourth-order valence-corrected chi connectivity index (χ4v) is 1.38. The van der Waals surface area contributed by atoms with Gasteiger partial charge < -0.3 is 16.2 Å². The molecule has 17 heavy (non-hydrogen) atoms. The fraction of sp³-hybridized carbons (Fsp3) is 0.333. The van der Waals surface area contributed by atoms with Gasteiger partial charge in [-0.2, -0.15) is 0 Å². The highest BCUT2D eigenvalue weighted by Gasteiger charge is 2.16. The molecule has 1 aromatic carbocycles. The molecule has 1 atom stereocenters. The van der Waals surface area contributed by atoms with Crippen molar-refractivity contribution >= 4 is 11.8 Å². The Morgan fingerprint density at radius 1 is 1.29 bits per heavy atom. The highest BCUT2D eigenvalue weighted by molar-refractivity contribution is 5.86. The number of aliphatic hydroxyl groups excluding tert-OH is 1. The van der Waals surface area contributed by atoms with E-state index in [1.807, 2.05) is 30.3 Å². The van der Waals surface area contributed by atoms with Crippen molar-refractivity contribution in [1.82, 2.24) is 5.32 Å². The van der Waals surface area contributed by atoms with Gasteiger partial charge >= 0.3 is 0 Å². The normalized spacial score (nSPS) is 11.8. The maximum Gasteiger partial charge on any atom is 0.249 e. The first-order valence-corrected chi connectivity index (χ1v) is 5.37. The standard InChI is InChI=1S/C12H16N2O3/c13-11(16)8-10(15)12(17)14-7-6-9-4-2-1-3-5-9/h1-5,10,15H,6-8H2,(H2,13,16)(H,14,17). The van der Waals surface area contributed by atoms with Crippen molar-refractivity contribution in [2.75, 3.05) is 6.54 Å². The Bertz CT molecular complexity index is 379. The van der Waals surface area contributed by atoms with Crippen molar-refractivity contribution < 1.29 is 14.7 Å². The van der Waals surface area contributed by atoms with Crippen LogP contribution < -0.4 is 11.1 Å². The second kappa shape index (κ2) is 6.65. The minimum absolute atomic E-state index is 0.350. The molecule has 0 saturated carbocycles. The van der Waals surface area contributed by atoms with Crippen molar-refractivity contribution in [3.63, 3.8) is 0 Å². The molecule has 1 rings (SSSR count). The van der Waals surface area contributed by atoms with E-state index in [2.05, 4.69) is 5.32 Å². The number of benzene rings is 1. The van der Waals surface area contributed by atoms with Crippen LogP contribution >= 0.6 is 0 Å². The Balaban J connectivity index is 2.27. The first kappa shape index (κ1) is 13.2. The summed E-state index contributed by atoms with van der Waals surface area (Å²) >= 11 is 0. The number of carbonyl (C=O) groups is 2. The van der Waals surface area contributed by atoms with Gasteiger partial charge in [0.1, 0.15) is 6.10 Å². The molecular weight excluding hydrogens is 220 g/mol. The molecule has 4 N–H and O–H groups in total. The lowest BCUT2D eigenvalue weighted by molar-refractivity contribution is -0.133. The summed E-state index contributed by atoms with van der Waals surface area (Å²) in [5, 5.41) is 11.8. The van der Waals surface area contributed by atoms with E-state index >= 15 is 0 Å². The number of nitrogens with two attached hydrogens (primary N) is 1. The van der Waals surface area contributed by atoms with Gasteiger partial charge in [0, 0.05) is 6.54 Å². The number of hydrogen-bond acceptors (Lipinski definition) is 3. The van der Waals surface area contributed by atoms with Crippen molar-refractivity contribution in [1.29, 1.82) is 0 Å². The van der Waals surface area contributed by atoms with Crippen LogP contribution in [0.25, 0.3) is 0 Å². The van der Waals surface area contributed by atoms with Crippen LogP contribution in [0.1, 0.15) is 12.0 Å². The summed E-state index contributed by atoms with van der Waals surface area (Å²) < 4.78 is 0. The molecule has 2 amide bonds. The Labute approximate surface area is 99.6 Å². The van der Waals surface area contributed by atoms with Crippen molar-refractivity contribution in [2.24, 2.45) is 5.73 Å². The van der Waals surface area contributed by atoms with E-state index in [-0.39, 0.29) is 6.42 Å². The zero-order valence-corrected chi connectivity index (χ0v) is 9.43. The topological polar surface area (TPSA) is 92.4 Å². The quantitative estimate of drug-likeness (QED) is 0.626. The third-order valence-electron chi connectivity index (χ3n) is 2.25. The van der Waals surface area contributed by atoms with Crippen molar-refractivity contribution in [3.05, 3.63) is 35.9 Å². The molecule has 0 aliphatic carbocycles. The van der Waals surface area contributed by atoms with E-state index in [9.17, 15) is 14.7 Å². The SMILES string of the molecule is NC(=O)CC(O)C(=O)NCCc1ccccc1. The van der Waals surface area contributed by atoms with Gasteiger partial charge in [0.2, 0.25) is 11.8 Å². The first-order valence-electron chi connectivity index (χ1n) is 5.37. The molecule has 0 aliphatic heterocycles. The number of rotatable bonds is 6. The van der Waals surface area contributed by atoms with Crippen LogP contribution in [-0.4, -0.2) is 29.6 Å². The highest BCUT2D eigenvalue weighted by atomic mass is 16.3. The van der Waals surface area contributed by atoms with Crippen molar-refractivity contribution in [2.45, 2.75) is 18.9 Å². The third-order valence-corrected chi connectivity index (χ3v) is 2.25. The maximum atomic E-state index is 11.3. The zero-order chi connectivity index (χ0) is 12.7. The minimum atomic E-state index is -1.36. The molecule has 0 bridgehead atoms. The van der Waals surface area contributed by atoms with Gasteiger partial charge in [-0.3, -0.25) is 9.59 Å². The summed E-state index contributed by atoms with van der Waals surface area (Å²) in [7, 11) is 0. The summed E-state index contributed by atoms with van der Waals surface area (Å²) in [6, 6.07) is 9.65. The van der Waals surface area contributed by atoms with Crippen molar-refractivity contribution in [3.8, 4) is 0 Å². The monoisotopic (exact) mass is 236 g/mol. The van der Waals surface area contributed by atoms with Crippen LogP contribution in [-0.2, 0) is 16.0 Å². The maximum absolute atomic E-state index is 11.3. The van der Waals surface area contributed by atoms with Gasteiger partial charge in [-0.05, 0) is 12.0 Å². The predicted octanol–water partition coefficient (Wildman–Crippen LogP) is -0.418. The van der Waals surface area contributed by atoms with Gasteiger partial charge in [0.25, 0.3) is 0 Å². The average Bonchev–Trinajstić information content (AvgIpc) is 2.29. The summed E-state index contributed by atoms with van der Waals surface area (Å²) in [6.07, 6.45) is -1.03.